The summed E-state index contributed by atoms with van der Waals surface area (Å²) in [4.78, 5) is 23.7. The second-order valence-electron chi connectivity index (χ2n) is 6.67. The highest BCUT2D eigenvalue weighted by Gasteiger charge is 2.21. The van der Waals surface area contributed by atoms with Crippen LogP contribution in [0.5, 0.6) is 5.75 Å². The van der Waals surface area contributed by atoms with E-state index in [9.17, 15) is 19.1 Å². The predicted octanol–water partition coefficient (Wildman–Crippen LogP) is 3.94. The zero-order valence-corrected chi connectivity index (χ0v) is 14.5. The molecule has 0 aliphatic heterocycles. The van der Waals surface area contributed by atoms with E-state index in [1.807, 2.05) is 20.8 Å². The van der Waals surface area contributed by atoms with Crippen molar-refractivity contribution in [1.82, 2.24) is 0 Å². The number of rotatable bonds is 5. The van der Waals surface area contributed by atoms with Gasteiger partial charge in [0.15, 0.2) is 0 Å². The molecule has 24 heavy (non-hydrogen) atoms. The zero-order chi connectivity index (χ0) is 18.1. The first kappa shape index (κ1) is 18.1. The molecule has 0 radical (unpaired) electrons. The maximum atomic E-state index is 14.2. The van der Waals surface area contributed by atoms with Gasteiger partial charge in [0.25, 0.3) is 0 Å². The quantitative estimate of drug-likeness (QED) is 0.856. The molecule has 0 saturated carbocycles. The monoisotopic (exact) mass is 350 g/mol. The molecule has 1 aromatic heterocycles. The fourth-order valence-corrected chi connectivity index (χ4v) is 3.27. The maximum absolute atomic E-state index is 14.2. The molecule has 1 aromatic carbocycles. The average molecular weight is 350 g/mol. The van der Waals surface area contributed by atoms with Crippen LogP contribution in [0, 0.1) is 5.82 Å². The summed E-state index contributed by atoms with van der Waals surface area (Å²) in [6, 6.07) is 5.60. The lowest BCUT2D eigenvalue weighted by molar-refractivity contribution is -0.117. The Labute approximate surface area is 143 Å². The number of phenolic OH excluding ortho intramolecular Hbond substituents is 1. The lowest BCUT2D eigenvalue weighted by Crippen LogP contribution is -2.13. The lowest BCUT2D eigenvalue weighted by Gasteiger charge is -2.21. The zero-order valence-electron chi connectivity index (χ0n) is 13.7. The van der Waals surface area contributed by atoms with Gasteiger partial charge in [-0.25, -0.2) is 9.18 Å². The SMILES string of the molecule is CC(C)(C)c1cc(F)c(CC(=O)Cc2ccc(C(=O)O)s2)cc1O. The third kappa shape index (κ3) is 4.20. The second-order valence-corrected chi connectivity index (χ2v) is 7.84. The van der Waals surface area contributed by atoms with E-state index in [-0.39, 0.29) is 34.8 Å². The van der Waals surface area contributed by atoms with E-state index in [1.165, 1.54) is 18.2 Å². The van der Waals surface area contributed by atoms with Gasteiger partial charge in [-0.15, -0.1) is 11.3 Å². The highest BCUT2D eigenvalue weighted by atomic mass is 32.1. The van der Waals surface area contributed by atoms with E-state index in [1.54, 1.807) is 6.07 Å². The number of carboxylic acids is 1. The van der Waals surface area contributed by atoms with Gasteiger partial charge < -0.3 is 10.2 Å². The first-order valence-corrected chi connectivity index (χ1v) is 8.25. The van der Waals surface area contributed by atoms with E-state index in [0.29, 0.717) is 10.4 Å². The van der Waals surface area contributed by atoms with Gasteiger partial charge in [-0.1, -0.05) is 20.8 Å². The number of phenols is 1. The van der Waals surface area contributed by atoms with Crippen molar-refractivity contribution < 1.29 is 24.2 Å². The van der Waals surface area contributed by atoms with Crippen molar-refractivity contribution in [2.75, 3.05) is 0 Å². The maximum Gasteiger partial charge on any atom is 0.345 e. The van der Waals surface area contributed by atoms with Crippen LogP contribution in [-0.2, 0) is 23.1 Å². The van der Waals surface area contributed by atoms with Crippen molar-refractivity contribution in [3.8, 4) is 5.75 Å². The molecule has 0 aliphatic rings. The minimum atomic E-state index is -1.03. The van der Waals surface area contributed by atoms with Gasteiger partial charge in [0.2, 0.25) is 0 Å². The summed E-state index contributed by atoms with van der Waals surface area (Å²) in [5.41, 5.74) is 0.221. The Morgan fingerprint density at radius 3 is 2.38 bits per heavy atom. The Bertz CT molecular complexity index is 787. The molecule has 1 heterocycles. The minimum absolute atomic E-state index is 0.0315. The Morgan fingerprint density at radius 1 is 1.17 bits per heavy atom. The van der Waals surface area contributed by atoms with Crippen LogP contribution < -0.4 is 0 Å². The molecule has 0 saturated heterocycles. The van der Waals surface area contributed by atoms with Gasteiger partial charge in [0, 0.05) is 23.3 Å². The van der Waals surface area contributed by atoms with Crippen molar-refractivity contribution >= 4 is 23.1 Å². The van der Waals surface area contributed by atoms with Crippen molar-refractivity contribution in [1.29, 1.82) is 0 Å². The summed E-state index contributed by atoms with van der Waals surface area (Å²) in [6.07, 6.45) is -0.108. The molecule has 2 aromatic rings. The van der Waals surface area contributed by atoms with Crippen molar-refractivity contribution in [3.05, 3.63) is 51.0 Å². The van der Waals surface area contributed by atoms with Crippen molar-refractivity contribution in [2.24, 2.45) is 0 Å². The molecule has 0 aliphatic carbocycles. The molecule has 2 rings (SSSR count). The number of ketones is 1. The summed E-state index contributed by atoms with van der Waals surface area (Å²) in [6.45, 7) is 5.59. The van der Waals surface area contributed by atoms with Crippen molar-refractivity contribution in [2.45, 2.75) is 39.0 Å². The van der Waals surface area contributed by atoms with Gasteiger partial charge in [0.05, 0.1) is 0 Å². The van der Waals surface area contributed by atoms with Gasteiger partial charge in [0.1, 0.15) is 22.2 Å². The topological polar surface area (TPSA) is 74.6 Å². The van der Waals surface area contributed by atoms with Gasteiger partial charge in [-0.05, 0) is 35.2 Å². The smallest absolute Gasteiger partial charge is 0.345 e. The number of carbonyl (C=O) groups is 2. The Kier molecular flexibility index (Phi) is 5.08. The Hall–Kier alpha value is -2.21. The lowest BCUT2D eigenvalue weighted by atomic mass is 9.85. The average Bonchev–Trinajstić information content (AvgIpc) is 2.89. The molecule has 0 spiro atoms. The number of benzene rings is 1. The number of carbonyl (C=O) groups excluding carboxylic acids is 1. The van der Waals surface area contributed by atoms with Crippen LogP contribution in [0.2, 0.25) is 0 Å². The third-order valence-electron chi connectivity index (χ3n) is 3.60. The van der Waals surface area contributed by atoms with E-state index >= 15 is 0 Å². The van der Waals surface area contributed by atoms with Crippen LogP contribution in [-0.4, -0.2) is 22.0 Å². The van der Waals surface area contributed by atoms with E-state index in [4.69, 9.17) is 5.11 Å². The van der Waals surface area contributed by atoms with Crippen LogP contribution in [0.25, 0.3) is 0 Å². The standard InChI is InChI=1S/C18H19FO4S/c1-18(2,3)13-9-14(19)10(7-15(13)21)6-11(20)8-12-4-5-16(24-12)17(22)23/h4-5,7,9,21H,6,8H2,1-3H3,(H,22,23). The van der Waals surface area contributed by atoms with Crippen LogP contribution in [0.4, 0.5) is 4.39 Å². The molecular weight excluding hydrogens is 331 g/mol. The molecular formula is C18H19FO4S. The fourth-order valence-electron chi connectivity index (χ4n) is 2.40. The molecule has 0 bridgehead atoms. The minimum Gasteiger partial charge on any atom is -0.508 e. The molecule has 0 fully saturated rings. The Morgan fingerprint density at radius 2 is 1.83 bits per heavy atom. The van der Waals surface area contributed by atoms with Gasteiger partial charge in [-0.3, -0.25) is 4.79 Å². The molecule has 0 atom stereocenters. The highest BCUT2D eigenvalue weighted by molar-refractivity contribution is 7.14. The third-order valence-corrected chi connectivity index (χ3v) is 4.68. The van der Waals surface area contributed by atoms with E-state index < -0.39 is 17.2 Å². The van der Waals surface area contributed by atoms with Gasteiger partial charge >= 0.3 is 5.97 Å². The number of carboxylic acid groups (broad SMARTS) is 1. The summed E-state index contributed by atoms with van der Waals surface area (Å²) in [5.74, 6) is -1.83. The number of Topliss-reactive ketones (excluding diaryl/α,β-unsaturated/α-hetero) is 1. The molecule has 4 nitrogen and oxygen atoms in total. The summed E-state index contributed by atoms with van der Waals surface area (Å²) >= 11 is 1.03. The first-order valence-electron chi connectivity index (χ1n) is 7.43. The molecule has 128 valence electrons. The summed E-state index contributed by atoms with van der Waals surface area (Å²) < 4.78 is 14.2. The number of aromatic hydroxyl groups is 1. The Balaban J connectivity index is 2.14. The van der Waals surface area contributed by atoms with Crippen LogP contribution in [0.15, 0.2) is 24.3 Å². The van der Waals surface area contributed by atoms with Crippen molar-refractivity contribution in [3.63, 3.8) is 0 Å². The number of halogens is 1. The van der Waals surface area contributed by atoms with Crippen LogP contribution in [0.3, 0.4) is 0 Å². The fraction of sp³-hybridized carbons (Fsp3) is 0.333. The highest BCUT2D eigenvalue weighted by Crippen LogP contribution is 2.32. The molecule has 6 heteroatoms. The summed E-state index contributed by atoms with van der Waals surface area (Å²) in [5, 5.41) is 19.0. The van der Waals surface area contributed by atoms with Crippen LogP contribution >= 0.6 is 11.3 Å². The van der Waals surface area contributed by atoms with Gasteiger partial charge in [-0.2, -0.15) is 0 Å². The molecule has 0 amide bonds. The second kappa shape index (κ2) is 6.73. The molecule has 2 N–H and O–H groups in total. The number of hydrogen-bond donors (Lipinski definition) is 2. The molecule has 0 unspecified atom stereocenters. The number of aromatic carboxylic acids is 1. The predicted molar refractivity (Wildman–Crippen MR) is 90.5 cm³/mol. The largest absolute Gasteiger partial charge is 0.508 e. The normalized spacial score (nSPS) is 11.5. The number of thiophene rings is 1. The number of hydrogen-bond acceptors (Lipinski definition) is 4. The first-order chi connectivity index (χ1) is 11.1. The van der Waals surface area contributed by atoms with Crippen LogP contribution in [0.1, 0.15) is 46.4 Å². The van der Waals surface area contributed by atoms with E-state index in [2.05, 4.69) is 0 Å². The summed E-state index contributed by atoms with van der Waals surface area (Å²) in [7, 11) is 0. The van der Waals surface area contributed by atoms with E-state index in [0.717, 1.165) is 11.3 Å².